The van der Waals surface area contributed by atoms with Gasteiger partial charge in [0.05, 0.1) is 12.1 Å². The van der Waals surface area contributed by atoms with Crippen molar-refractivity contribution >= 4 is 6.03 Å². The number of hydrogen-bond donors (Lipinski definition) is 1. The van der Waals surface area contributed by atoms with Gasteiger partial charge in [-0.3, -0.25) is 0 Å². The largest absolute Gasteiger partial charge is 0.333 e. The second-order valence-electron chi connectivity index (χ2n) is 5.69. The summed E-state index contributed by atoms with van der Waals surface area (Å²) in [6.07, 6.45) is 6.98. The number of nitrogens with zero attached hydrogens (tertiary/aromatic N) is 1. The summed E-state index contributed by atoms with van der Waals surface area (Å²) < 4.78 is 0. The zero-order chi connectivity index (χ0) is 13.1. The van der Waals surface area contributed by atoms with E-state index < -0.39 is 0 Å². The minimum atomic E-state index is 0.157. The van der Waals surface area contributed by atoms with Crippen LogP contribution in [-0.4, -0.2) is 29.6 Å². The van der Waals surface area contributed by atoms with Gasteiger partial charge in [0.15, 0.2) is 0 Å². The highest BCUT2D eigenvalue weighted by molar-refractivity contribution is 5.77. The van der Waals surface area contributed by atoms with Crippen LogP contribution in [0.4, 0.5) is 4.79 Å². The van der Waals surface area contributed by atoms with Crippen molar-refractivity contribution in [3.05, 3.63) is 35.9 Å². The summed E-state index contributed by atoms with van der Waals surface area (Å²) in [7, 11) is 0. The number of hydrogen-bond acceptors (Lipinski definition) is 1. The Morgan fingerprint density at radius 2 is 1.95 bits per heavy atom. The summed E-state index contributed by atoms with van der Waals surface area (Å²) in [6, 6.07) is 11.6. The van der Waals surface area contributed by atoms with Crippen molar-refractivity contribution in [2.45, 2.75) is 50.6 Å². The molecule has 1 heterocycles. The second kappa shape index (κ2) is 5.64. The average Bonchev–Trinajstić information content (AvgIpc) is 2.76. The zero-order valence-corrected chi connectivity index (χ0v) is 11.3. The number of carbonyl (C=O) groups is 1. The predicted octanol–water partition coefficient (Wildman–Crippen LogP) is 2.96. The monoisotopic (exact) mass is 258 g/mol. The molecule has 0 bridgehead atoms. The van der Waals surface area contributed by atoms with Gasteiger partial charge < -0.3 is 10.2 Å². The third kappa shape index (κ3) is 2.75. The van der Waals surface area contributed by atoms with Gasteiger partial charge in [-0.15, -0.1) is 0 Å². The van der Waals surface area contributed by atoms with Crippen molar-refractivity contribution in [1.29, 1.82) is 0 Å². The molecule has 1 saturated heterocycles. The van der Waals surface area contributed by atoms with Crippen LogP contribution < -0.4 is 5.32 Å². The zero-order valence-electron chi connectivity index (χ0n) is 11.3. The van der Waals surface area contributed by atoms with E-state index in [0.717, 1.165) is 25.8 Å². The fraction of sp³-hybridized carbons (Fsp3) is 0.562. The van der Waals surface area contributed by atoms with Crippen molar-refractivity contribution in [2.75, 3.05) is 6.54 Å². The van der Waals surface area contributed by atoms with Crippen LogP contribution in [-0.2, 0) is 6.42 Å². The molecular weight excluding hydrogens is 236 g/mol. The highest BCUT2D eigenvalue weighted by Crippen LogP contribution is 2.28. The smallest absolute Gasteiger partial charge is 0.318 e. The van der Waals surface area contributed by atoms with Gasteiger partial charge in [-0.2, -0.15) is 0 Å². The number of benzene rings is 1. The Hall–Kier alpha value is -1.51. The molecule has 0 spiro atoms. The molecule has 1 aliphatic carbocycles. The lowest BCUT2D eigenvalue weighted by atomic mass is 9.91. The quantitative estimate of drug-likeness (QED) is 0.884. The van der Waals surface area contributed by atoms with Crippen molar-refractivity contribution < 1.29 is 4.79 Å². The number of carbonyl (C=O) groups excluding carboxylic acids is 1. The molecule has 102 valence electrons. The topological polar surface area (TPSA) is 32.3 Å². The minimum absolute atomic E-state index is 0.157. The van der Waals surface area contributed by atoms with Gasteiger partial charge in [0.1, 0.15) is 0 Å². The highest BCUT2D eigenvalue weighted by Gasteiger charge is 2.39. The number of amides is 2. The summed E-state index contributed by atoms with van der Waals surface area (Å²) in [4.78, 5) is 14.1. The molecule has 1 saturated carbocycles. The van der Waals surface area contributed by atoms with Crippen LogP contribution in [0.15, 0.2) is 30.3 Å². The Morgan fingerprint density at radius 3 is 2.79 bits per heavy atom. The molecule has 1 aromatic carbocycles. The lowest BCUT2D eigenvalue weighted by molar-refractivity contribution is 0.189. The Morgan fingerprint density at radius 1 is 1.16 bits per heavy atom. The van der Waals surface area contributed by atoms with E-state index in [-0.39, 0.29) is 6.03 Å². The summed E-state index contributed by atoms with van der Waals surface area (Å²) in [5.74, 6) is 0. The third-order valence-corrected chi connectivity index (χ3v) is 4.41. The molecule has 3 heteroatoms. The number of nitrogens with one attached hydrogen (secondary N) is 1. The molecule has 2 atom stereocenters. The molecule has 2 aliphatic rings. The van der Waals surface area contributed by atoms with E-state index in [1.165, 1.54) is 24.8 Å². The summed E-state index contributed by atoms with van der Waals surface area (Å²) >= 11 is 0. The number of rotatable bonds is 4. The van der Waals surface area contributed by atoms with E-state index in [0.29, 0.717) is 12.1 Å². The number of urea groups is 1. The maximum atomic E-state index is 12.0. The SMILES string of the molecule is O=C1NC2CCCCC2N1CCCc1ccccc1. The lowest BCUT2D eigenvalue weighted by Gasteiger charge is -2.29. The van der Waals surface area contributed by atoms with Crippen LogP contribution in [0, 0.1) is 0 Å². The third-order valence-electron chi connectivity index (χ3n) is 4.41. The van der Waals surface area contributed by atoms with Crippen LogP contribution in [0.1, 0.15) is 37.7 Å². The van der Waals surface area contributed by atoms with Crippen LogP contribution in [0.5, 0.6) is 0 Å². The fourth-order valence-corrected chi connectivity index (χ4v) is 3.41. The lowest BCUT2D eigenvalue weighted by Crippen LogP contribution is -2.39. The first kappa shape index (κ1) is 12.5. The van der Waals surface area contributed by atoms with Crippen LogP contribution >= 0.6 is 0 Å². The van der Waals surface area contributed by atoms with Crippen molar-refractivity contribution in [3.63, 3.8) is 0 Å². The van der Waals surface area contributed by atoms with E-state index in [4.69, 9.17) is 0 Å². The average molecular weight is 258 g/mol. The molecular formula is C16H22N2O. The molecule has 0 radical (unpaired) electrons. The van der Waals surface area contributed by atoms with Gasteiger partial charge in [-0.25, -0.2) is 4.79 Å². The molecule has 1 aromatic rings. The Balaban J connectivity index is 1.53. The molecule has 1 aliphatic heterocycles. The molecule has 0 aromatic heterocycles. The first-order valence-electron chi connectivity index (χ1n) is 7.45. The number of aryl methyl sites for hydroxylation is 1. The number of fused-ring (bicyclic) bond motifs is 1. The normalized spacial score (nSPS) is 26.1. The Bertz CT molecular complexity index is 432. The van der Waals surface area contributed by atoms with E-state index in [1.54, 1.807) is 0 Å². The maximum Gasteiger partial charge on any atom is 0.318 e. The van der Waals surface area contributed by atoms with E-state index in [2.05, 4.69) is 34.5 Å². The predicted molar refractivity (Wildman–Crippen MR) is 76.0 cm³/mol. The molecule has 2 unspecified atom stereocenters. The summed E-state index contributed by atoms with van der Waals surface area (Å²) in [5, 5.41) is 3.14. The molecule has 2 amide bonds. The Kier molecular flexibility index (Phi) is 3.72. The minimum Gasteiger partial charge on any atom is -0.333 e. The first-order chi connectivity index (χ1) is 9.34. The second-order valence-corrected chi connectivity index (χ2v) is 5.69. The standard InChI is InChI=1S/C16H22N2O/c19-16-17-14-10-4-5-11-15(14)18(16)12-6-9-13-7-2-1-3-8-13/h1-3,7-8,14-15H,4-6,9-12H2,(H,17,19). The molecule has 3 rings (SSSR count). The fourth-order valence-electron chi connectivity index (χ4n) is 3.41. The summed E-state index contributed by atoms with van der Waals surface area (Å²) in [5.41, 5.74) is 1.36. The van der Waals surface area contributed by atoms with E-state index in [1.807, 2.05) is 6.07 Å². The van der Waals surface area contributed by atoms with Crippen LogP contribution in [0.3, 0.4) is 0 Å². The highest BCUT2D eigenvalue weighted by atomic mass is 16.2. The summed E-state index contributed by atoms with van der Waals surface area (Å²) in [6.45, 7) is 0.891. The van der Waals surface area contributed by atoms with E-state index >= 15 is 0 Å². The van der Waals surface area contributed by atoms with Crippen LogP contribution in [0.25, 0.3) is 0 Å². The van der Waals surface area contributed by atoms with Crippen molar-refractivity contribution in [1.82, 2.24) is 10.2 Å². The maximum absolute atomic E-state index is 12.0. The van der Waals surface area contributed by atoms with Gasteiger partial charge in [-0.1, -0.05) is 43.2 Å². The molecule has 19 heavy (non-hydrogen) atoms. The van der Waals surface area contributed by atoms with E-state index in [9.17, 15) is 4.79 Å². The van der Waals surface area contributed by atoms with Gasteiger partial charge in [-0.05, 0) is 31.2 Å². The molecule has 1 N–H and O–H groups in total. The van der Waals surface area contributed by atoms with Gasteiger partial charge in [0, 0.05) is 6.54 Å². The molecule has 2 fully saturated rings. The van der Waals surface area contributed by atoms with Crippen LogP contribution in [0.2, 0.25) is 0 Å². The van der Waals surface area contributed by atoms with Crippen molar-refractivity contribution in [2.24, 2.45) is 0 Å². The Labute approximate surface area is 115 Å². The van der Waals surface area contributed by atoms with Gasteiger partial charge >= 0.3 is 6.03 Å². The van der Waals surface area contributed by atoms with Crippen molar-refractivity contribution in [3.8, 4) is 0 Å². The van der Waals surface area contributed by atoms with Gasteiger partial charge in [0.2, 0.25) is 0 Å². The van der Waals surface area contributed by atoms with Gasteiger partial charge in [0.25, 0.3) is 0 Å². The first-order valence-corrected chi connectivity index (χ1v) is 7.45. The molecule has 3 nitrogen and oxygen atoms in total.